The molecular weight excluding hydrogens is 545 g/mol. The van der Waals surface area contributed by atoms with E-state index in [1.807, 2.05) is 4.90 Å². The monoisotopic (exact) mass is 579 g/mol. The van der Waals surface area contributed by atoms with Gasteiger partial charge >= 0.3 is 0 Å². The van der Waals surface area contributed by atoms with Crippen LogP contribution in [-0.4, -0.2) is 79.0 Å². The van der Waals surface area contributed by atoms with E-state index in [2.05, 4.69) is 14.6 Å². The summed E-state index contributed by atoms with van der Waals surface area (Å²) in [6, 6.07) is 3.31. The number of rotatable bonds is 6. The first-order valence-corrected chi connectivity index (χ1v) is 16.3. The van der Waals surface area contributed by atoms with E-state index < -0.39 is 27.5 Å². The number of benzene rings is 1. The van der Waals surface area contributed by atoms with E-state index in [9.17, 15) is 17.6 Å². The predicted octanol–water partition coefficient (Wildman–Crippen LogP) is 3.51. The van der Waals surface area contributed by atoms with Crippen molar-refractivity contribution in [1.82, 2.24) is 14.3 Å². The van der Waals surface area contributed by atoms with Crippen molar-refractivity contribution in [3.63, 3.8) is 0 Å². The van der Waals surface area contributed by atoms with Crippen LogP contribution in [0.15, 0.2) is 23.1 Å². The number of nitrogens with one attached hydrogen (secondary N) is 1. The molecule has 10 nitrogen and oxygen atoms in total. The molecule has 3 aliphatic heterocycles. The number of amides is 1. The van der Waals surface area contributed by atoms with Crippen LogP contribution in [0, 0.1) is 5.82 Å². The number of sulfone groups is 1. The summed E-state index contributed by atoms with van der Waals surface area (Å²) in [6.45, 7) is 2.65. The van der Waals surface area contributed by atoms with Crippen molar-refractivity contribution in [2.45, 2.75) is 80.2 Å². The SMILES string of the molecule is CS(=O)(=O)c1ccc(N[C@H]2CCN(C3CCN(c4nc([C@H]5COC6(CCCCC6)O5)ns4)CC3)C2=O)c(F)c1. The molecular formula is C26H34FN5O5S2. The Morgan fingerprint density at radius 1 is 1.13 bits per heavy atom. The van der Waals surface area contributed by atoms with Crippen LogP contribution >= 0.6 is 11.5 Å². The Kier molecular flexibility index (Phi) is 7.27. The number of anilines is 2. The van der Waals surface area contributed by atoms with E-state index in [-0.39, 0.29) is 28.6 Å². The van der Waals surface area contributed by atoms with Gasteiger partial charge in [-0.25, -0.2) is 17.8 Å². The number of hydrogen-bond acceptors (Lipinski definition) is 10. The minimum atomic E-state index is -3.50. The van der Waals surface area contributed by atoms with Crippen molar-refractivity contribution in [3.8, 4) is 0 Å². The van der Waals surface area contributed by atoms with Crippen molar-refractivity contribution in [2.75, 3.05) is 42.7 Å². The van der Waals surface area contributed by atoms with Gasteiger partial charge < -0.3 is 24.6 Å². The van der Waals surface area contributed by atoms with E-state index in [0.717, 1.165) is 69.1 Å². The summed E-state index contributed by atoms with van der Waals surface area (Å²) in [6.07, 6.45) is 8.37. The van der Waals surface area contributed by atoms with Gasteiger partial charge in [-0.3, -0.25) is 4.79 Å². The minimum absolute atomic E-state index is 0.0479. The maximum Gasteiger partial charge on any atom is 0.245 e. The van der Waals surface area contributed by atoms with Crippen molar-refractivity contribution >= 4 is 38.1 Å². The molecule has 6 rings (SSSR count). The van der Waals surface area contributed by atoms with Crippen LogP contribution in [0.2, 0.25) is 0 Å². The highest BCUT2D eigenvalue weighted by Crippen LogP contribution is 2.42. The number of carbonyl (C=O) groups excluding carboxylic acids is 1. The third kappa shape index (κ3) is 5.50. The molecule has 1 aliphatic carbocycles. The molecule has 212 valence electrons. The standard InChI is InChI=1S/C26H34FN5O5S2/c1-39(34,35)18-5-6-20(19(27)15-18)28-21-9-14-32(24(21)33)17-7-12-31(13-8-17)25-29-23(30-38-25)22-16-36-26(37-22)10-3-2-4-11-26/h5-6,15,17,21-22,28H,2-4,7-14,16H2,1H3/t21-,22+/m0/s1. The van der Waals surface area contributed by atoms with Crippen LogP contribution in [0.25, 0.3) is 0 Å². The Labute approximate surface area is 232 Å². The van der Waals surface area contributed by atoms with Crippen LogP contribution in [0.5, 0.6) is 0 Å². The zero-order chi connectivity index (χ0) is 27.2. The zero-order valence-corrected chi connectivity index (χ0v) is 23.6. The lowest BCUT2D eigenvalue weighted by Gasteiger charge is -2.36. The summed E-state index contributed by atoms with van der Waals surface area (Å²) in [7, 11) is -3.50. The first-order chi connectivity index (χ1) is 18.7. The Balaban J connectivity index is 1.02. The number of nitrogens with zero attached hydrogens (tertiary/aromatic N) is 4. The fraction of sp³-hybridized carbons (Fsp3) is 0.654. The minimum Gasteiger partial charge on any atom is -0.371 e. The van der Waals surface area contributed by atoms with Gasteiger partial charge in [0, 0.05) is 56.3 Å². The number of carbonyl (C=O) groups is 1. The normalized spacial score (nSPS) is 26.1. The van der Waals surface area contributed by atoms with Crippen LogP contribution < -0.4 is 10.2 Å². The Morgan fingerprint density at radius 3 is 2.62 bits per heavy atom. The van der Waals surface area contributed by atoms with Crippen LogP contribution in [0.4, 0.5) is 15.2 Å². The predicted molar refractivity (Wildman–Crippen MR) is 144 cm³/mol. The summed E-state index contributed by atoms with van der Waals surface area (Å²) in [5.74, 6) is -0.488. The quantitative estimate of drug-likeness (QED) is 0.549. The van der Waals surface area contributed by atoms with Crippen molar-refractivity contribution < 1.29 is 27.1 Å². The zero-order valence-electron chi connectivity index (χ0n) is 22.0. The molecule has 1 N–H and O–H groups in total. The number of hydrogen-bond donors (Lipinski definition) is 1. The molecule has 2 aromatic rings. The van der Waals surface area contributed by atoms with Gasteiger partial charge in [0.05, 0.1) is 17.2 Å². The lowest BCUT2D eigenvalue weighted by Crippen LogP contribution is -2.47. The Morgan fingerprint density at radius 2 is 1.90 bits per heavy atom. The summed E-state index contributed by atoms with van der Waals surface area (Å²) in [5.41, 5.74) is 0.135. The highest BCUT2D eigenvalue weighted by atomic mass is 32.2. The third-order valence-corrected chi connectivity index (χ3v) is 10.2. The summed E-state index contributed by atoms with van der Waals surface area (Å²) < 4.78 is 54.8. The molecule has 4 fully saturated rings. The number of halogens is 1. The van der Waals surface area contributed by atoms with E-state index in [1.54, 1.807) is 0 Å². The molecule has 0 unspecified atom stereocenters. The second-order valence-electron chi connectivity index (χ2n) is 11.0. The Hall–Kier alpha value is -2.35. The summed E-state index contributed by atoms with van der Waals surface area (Å²) >= 11 is 1.38. The molecule has 1 amide bonds. The van der Waals surface area contributed by atoms with Gasteiger partial charge in [-0.15, -0.1) is 0 Å². The molecule has 1 aromatic carbocycles. The van der Waals surface area contributed by atoms with E-state index >= 15 is 0 Å². The fourth-order valence-electron chi connectivity index (χ4n) is 6.12. The number of ether oxygens (including phenoxy) is 2. The van der Waals surface area contributed by atoms with Crippen molar-refractivity contribution in [1.29, 1.82) is 0 Å². The summed E-state index contributed by atoms with van der Waals surface area (Å²) in [5, 5.41) is 3.85. The van der Waals surface area contributed by atoms with Crippen LogP contribution in [-0.2, 0) is 24.1 Å². The molecule has 1 aromatic heterocycles. The Bertz CT molecular complexity index is 1320. The maximum absolute atomic E-state index is 14.5. The largest absolute Gasteiger partial charge is 0.371 e. The smallest absolute Gasteiger partial charge is 0.245 e. The molecule has 0 bridgehead atoms. The highest BCUT2D eigenvalue weighted by molar-refractivity contribution is 7.90. The second-order valence-corrected chi connectivity index (χ2v) is 13.7. The van der Waals surface area contributed by atoms with E-state index in [1.165, 1.54) is 30.1 Å². The molecule has 4 aliphatic rings. The lowest BCUT2D eigenvalue weighted by molar-refractivity contribution is -0.188. The summed E-state index contributed by atoms with van der Waals surface area (Å²) in [4.78, 5) is 22.0. The lowest BCUT2D eigenvalue weighted by atomic mass is 9.94. The topological polar surface area (TPSA) is 114 Å². The van der Waals surface area contributed by atoms with Gasteiger partial charge in [0.15, 0.2) is 21.4 Å². The average molecular weight is 580 g/mol. The number of piperidine rings is 1. The van der Waals surface area contributed by atoms with Gasteiger partial charge in [0.1, 0.15) is 18.0 Å². The third-order valence-electron chi connectivity index (χ3n) is 8.30. The average Bonchev–Trinajstić information content (AvgIpc) is 3.65. The van der Waals surface area contributed by atoms with Gasteiger partial charge in [-0.05, 0) is 50.3 Å². The maximum atomic E-state index is 14.5. The first-order valence-electron chi connectivity index (χ1n) is 13.7. The van der Waals surface area contributed by atoms with Gasteiger partial charge in [0.25, 0.3) is 0 Å². The van der Waals surface area contributed by atoms with E-state index in [4.69, 9.17) is 14.5 Å². The molecule has 1 saturated carbocycles. The molecule has 0 radical (unpaired) electrons. The molecule has 2 atom stereocenters. The highest BCUT2D eigenvalue weighted by Gasteiger charge is 2.44. The van der Waals surface area contributed by atoms with Gasteiger partial charge in [-0.2, -0.15) is 4.37 Å². The van der Waals surface area contributed by atoms with Crippen molar-refractivity contribution in [3.05, 3.63) is 29.8 Å². The van der Waals surface area contributed by atoms with Crippen LogP contribution in [0.1, 0.15) is 63.3 Å². The van der Waals surface area contributed by atoms with Gasteiger partial charge in [0.2, 0.25) is 11.0 Å². The van der Waals surface area contributed by atoms with Crippen LogP contribution in [0.3, 0.4) is 0 Å². The van der Waals surface area contributed by atoms with E-state index in [0.29, 0.717) is 25.4 Å². The van der Waals surface area contributed by atoms with Crippen molar-refractivity contribution in [2.24, 2.45) is 0 Å². The molecule has 4 heterocycles. The molecule has 3 saturated heterocycles. The molecule has 13 heteroatoms. The number of aromatic nitrogens is 2. The first kappa shape index (κ1) is 26.9. The molecule has 39 heavy (non-hydrogen) atoms. The fourth-order valence-corrected chi connectivity index (χ4v) is 7.52. The second kappa shape index (κ2) is 10.6. The molecule has 1 spiro atoms. The van der Waals surface area contributed by atoms with Gasteiger partial charge in [-0.1, -0.05) is 6.42 Å². The number of likely N-dealkylation sites (tertiary alicyclic amines) is 1.